The zero-order valence-electron chi connectivity index (χ0n) is 17.2. The van der Waals surface area contributed by atoms with Crippen LogP contribution in [0, 0.1) is 12.8 Å². The van der Waals surface area contributed by atoms with Gasteiger partial charge in [-0.3, -0.25) is 9.59 Å². The van der Waals surface area contributed by atoms with Crippen LogP contribution in [0.25, 0.3) is 0 Å². The van der Waals surface area contributed by atoms with Gasteiger partial charge < -0.3 is 26.0 Å². The summed E-state index contributed by atoms with van der Waals surface area (Å²) in [6.45, 7) is 5.81. The van der Waals surface area contributed by atoms with Crippen molar-refractivity contribution < 1.29 is 24.5 Å². The summed E-state index contributed by atoms with van der Waals surface area (Å²) in [6.07, 6.45) is 0.638. The standard InChI is InChI=1S/C21H30N2O5S/c1-11(2)7-15(20(22)26)23-21(27)13-9-16(24)19(25)17(10-13)28-14-5-6-18(29-4)12(3)8-14/h5-6,8,10-11,15-17,19,24-25H,7,9H2,1-4H3,(H2,22,26)(H,23,27)/t15-,16-,17+,19-/m1/s1. The Morgan fingerprint density at radius 1 is 1.34 bits per heavy atom. The average Bonchev–Trinajstić information content (AvgIpc) is 2.64. The number of carbonyl (C=O) groups is 2. The molecule has 0 aromatic heterocycles. The van der Waals surface area contributed by atoms with E-state index in [0.29, 0.717) is 12.2 Å². The van der Waals surface area contributed by atoms with Crippen molar-refractivity contribution >= 4 is 23.6 Å². The first-order chi connectivity index (χ1) is 13.6. The Morgan fingerprint density at radius 3 is 2.59 bits per heavy atom. The molecule has 0 unspecified atom stereocenters. The van der Waals surface area contributed by atoms with Gasteiger partial charge in [0, 0.05) is 16.9 Å². The smallest absolute Gasteiger partial charge is 0.247 e. The molecule has 0 radical (unpaired) electrons. The molecule has 1 aromatic rings. The molecule has 0 fully saturated rings. The molecule has 8 heteroatoms. The Kier molecular flexibility index (Phi) is 8.13. The number of rotatable bonds is 8. The van der Waals surface area contributed by atoms with Crippen LogP contribution in [0.1, 0.15) is 32.3 Å². The number of thioether (sulfide) groups is 1. The van der Waals surface area contributed by atoms with Gasteiger partial charge in [0.2, 0.25) is 11.8 Å². The molecule has 0 bridgehead atoms. The van der Waals surface area contributed by atoms with Crippen LogP contribution in [0.3, 0.4) is 0 Å². The lowest BCUT2D eigenvalue weighted by atomic mass is 9.91. The third-order valence-corrected chi connectivity index (χ3v) is 5.71. The van der Waals surface area contributed by atoms with E-state index in [-0.39, 0.29) is 17.9 Å². The van der Waals surface area contributed by atoms with Crippen molar-refractivity contribution in [3.05, 3.63) is 35.4 Å². The minimum Gasteiger partial charge on any atom is -0.484 e. The maximum Gasteiger partial charge on any atom is 0.247 e. The number of primary amides is 1. The molecule has 2 amide bonds. The van der Waals surface area contributed by atoms with Gasteiger partial charge in [-0.15, -0.1) is 11.8 Å². The number of aryl methyl sites for hydroxylation is 1. The molecule has 0 saturated carbocycles. The molecule has 0 saturated heterocycles. The molecule has 160 valence electrons. The van der Waals surface area contributed by atoms with E-state index in [1.165, 1.54) is 6.08 Å². The predicted octanol–water partition coefficient (Wildman–Crippen LogP) is 1.53. The zero-order valence-corrected chi connectivity index (χ0v) is 18.0. The van der Waals surface area contributed by atoms with Crippen LogP contribution in [0.15, 0.2) is 34.7 Å². The lowest BCUT2D eigenvalue weighted by molar-refractivity contribution is -0.126. The van der Waals surface area contributed by atoms with Crippen molar-refractivity contribution in [2.45, 2.75) is 62.9 Å². The number of hydrogen-bond donors (Lipinski definition) is 4. The first-order valence-electron chi connectivity index (χ1n) is 9.60. The van der Waals surface area contributed by atoms with Gasteiger partial charge in [-0.2, -0.15) is 0 Å². The number of aliphatic hydroxyl groups excluding tert-OH is 2. The summed E-state index contributed by atoms with van der Waals surface area (Å²) in [5.41, 5.74) is 6.67. The highest BCUT2D eigenvalue weighted by Gasteiger charge is 2.35. The molecule has 4 atom stereocenters. The van der Waals surface area contributed by atoms with E-state index < -0.39 is 36.2 Å². The number of nitrogens with one attached hydrogen (secondary N) is 1. The van der Waals surface area contributed by atoms with Gasteiger partial charge in [-0.25, -0.2) is 0 Å². The van der Waals surface area contributed by atoms with Crippen LogP contribution in [0.5, 0.6) is 5.75 Å². The SMILES string of the molecule is CSc1ccc(O[C@H]2C=C(C(=O)N[C@H](CC(C)C)C(N)=O)C[C@@H](O)[C@H]2O)cc1C. The first kappa shape index (κ1) is 23.3. The normalized spacial score (nSPS) is 22.7. The van der Waals surface area contributed by atoms with Gasteiger partial charge in [0.1, 0.15) is 24.0 Å². The van der Waals surface area contributed by atoms with Gasteiger partial charge >= 0.3 is 0 Å². The highest BCUT2D eigenvalue weighted by atomic mass is 32.2. The molecule has 0 spiro atoms. The van der Waals surface area contributed by atoms with Gasteiger partial charge in [0.05, 0.1) is 6.10 Å². The molecular weight excluding hydrogens is 392 g/mol. The third-order valence-electron chi connectivity index (χ3n) is 4.81. The van der Waals surface area contributed by atoms with Crippen LogP contribution in [0.4, 0.5) is 0 Å². The number of hydrogen-bond acceptors (Lipinski definition) is 6. The van der Waals surface area contributed by atoms with Crippen molar-refractivity contribution in [2.24, 2.45) is 11.7 Å². The van der Waals surface area contributed by atoms with Crippen molar-refractivity contribution in [1.82, 2.24) is 5.32 Å². The second-order valence-corrected chi connectivity index (χ2v) is 8.57. The quantitative estimate of drug-likeness (QED) is 0.472. The highest BCUT2D eigenvalue weighted by molar-refractivity contribution is 7.98. The van der Waals surface area contributed by atoms with E-state index in [9.17, 15) is 19.8 Å². The molecule has 1 aliphatic rings. The maximum atomic E-state index is 12.6. The second kappa shape index (κ2) is 10.1. The Hall–Kier alpha value is -2.03. The zero-order chi connectivity index (χ0) is 21.7. The van der Waals surface area contributed by atoms with Gasteiger partial charge in [0.15, 0.2) is 0 Å². The van der Waals surface area contributed by atoms with Gasteiger partial charge in [-0.1, -0.05) is 13.8 Å². The molecule has 1 aromatic carbocycles. The Balaban J connectivity index is 2.18. The number of nitrogens with two attached hydrogens (primary N) is 1. The Morgan fingerprint density at radius 2 is 2.03 bits per heavy atom. The predicted molar refractivity (Wildman–Crippen MR) is 113 cm³/mol. The van der Waals surface area contributed by atoms with Crippen LogP contribution in [0.2, 0.25) is 0 Å². The van der Waals surface area contributed by atoms with E-state index >= 15 is 0 Å². The van der Waals surface area contributed by atoms with Crippen molar-refractivity contribution in [3.63, 3.8) is 0 Å². The van der Waals surface area contributed by atoms with Gasteiger partial charge in [0.25, 0.3) is 0 Å². The van der Waals surface area contributed by atoms with E-state index in [1.807, 2.05) is 39.2 Å². The number of benzene rings is 1. The van der Waals surface area contributed by atoms with Crippen molar-refractivity contribution in [3.8, 4) is 5.75 Å². The molecule has 7 nitrogen and oxygen atoms in total. The molecule has 2 rings (SSSR count). The van der Waals surface area contributed by atoms with E-state index in [2.05, 4.69) is 5.32 Å². The highest BCUT2D eigenvalue weighted by Crippen LogP contribution is 2.28. The minimum atomic E-state index is -1.17. The molecule has 5 N–H and O–H groups in total. The fourth-order valence-corrected chi connectivity index (χ4v) is 3.84. The Bertz CT molecular complexity index is 780. The molecule has 0 heterocycles. The van der Waals surface area contributed by atoms with E-state index in [4.69, 9.17) is 10.5 Å². The first-order valence-corrected chi connectivity index (χ1v) is 10.8. The van der Waals surface area contributed by atoms with Crippen molar-refractivity contribution in [1.29, 1.82) is 0 Å². The van der Waals surface area contributed by atoms with Crippen LogP contribution in [-0.4, -0.2) is 52.6 Å². The number of aliphatic hydroxyl groups is 2. The fourth-order valence-electron chi connectivity index (χ4n) is 3.25. The summed E-state index contributed by atoms with van der Waals surface area (Å²) < 4.78 is 5.85. The summed E-state index contributed by atoms with van der Waals surface area (Å²) in [5.74, 6) is -0.405. The monoisotopic (exact) mass is 422 g/mol. The lowest BCUT2D eigenvalue weighted by Gasteiger charge is -2.31. The number of ether oxygens (including phenoxy) is 1. The lowest BCUT2D eigenvalue weighted by Crippen LogP contribution is -2.49. The second-order valence-electron chi connectivity index (χ2n) is 7.73. The number of carbonyl (C=O) groups excluding carboxylic acids is 2. The molecule has 1 aliphatic carbocycles. The average molecular weight is 423 g/mol. The largest absolute Gasteiger partial charge is 0.484 e. The number of amides is 2. The summed E-state index contributed by atoms with van der Waals surface area (Å²) in [7, 11) is 0. The summed E-state index contributed by atoms with van der Waals surface area (Å²) >= 11 is 1.62. The molecule has 29 heavy (non-hydrogen) atoms. The van der Waals surface area contributed by atoms with Crippen molar-refractivity contribution in [2.75, 3.05) is 6.26 Å². The summed E-state index contributed by atoms with van der Waals surface area (Å²) in [5, 5.41) is 23.2. The topological polar surface area (TPSA) is 122 Å². The summed E-state index contributed by atoms with van der Waals surface area (Å²) in [6, 6.07) is 4.75. The summed E-state index contributed by atoms with van der Waals surface area (Å²) in [4.78, 5) is 25.4. The van der Waals surface area contributed by atoms with Gasteiger partial charge in [-0.05, 0) is 55.4 Å². The third kappa shape index (κ3) is 6.22. The fraction of sp³-hybridized carbons (Fsp3) is 0.524. The van der Waals surface area contributed by atoms with Crippen LogP contribution in [-0.2, 0) is 9.59 Å². The molecular formula is C21H30N2O5S. The van der Waals surface area contributed by atoms with Crippen LogP contribution < -0.4 is 15.8 Å². The van der Waals surface area contributed by atoms with E-state index in [1.54, 1.807) is 17.8 Å². The minimum absolute atomic E-state index is 0.0372. The van der Waals surface area contributed by atoms with E-state index in [0.717, 1.165) is 10.5 Å². The molecule has 0 aliphatic heterocycles. The Labute approximate surface area is 175 Å². The maximum absolute atomic E-state index is 12.6. The van der Waals surface area contributed by atoms with Crippen LogP contribution >= 0.6 is 11.8 Å².